The molecule has 2 amide bonds. The SMILES string of the molecule is [C-]#[N+][C@@H]1CN(C(=O)C(C)C)C2(CNC2=O)C1. The van der Waals surface area contributed by atoms with E-state index in [-0.39, 0.29) is 23.8 Å². The maximum atomic E-state index is 12.0. The van der Waals surface area contributed by atoms with Crippen molar-refractivity contribution in [3.8, 4) is 0 Å². The van der Waals surface area contributed by atoms with Gasteiger partial charge in [-0.3, -0.25) is 9.59 Å². The molecular weight excluding hydrogens is 206 g/mol. The van der Waals surface area contributed by atoms with E-state index in [2.05, 4.69) is 10.2 Å². The van der Waals surface area contributed by atoms with Gasteiger partial charge in [-0.05, 0) is 0 Å². The third kappa shape index (κ3) is 1.29. The van der Waals surface area contributed by atoms with Crippen molar-refractivity contribution in [3.63, 3.8) is 0 Å². The van der Waals surface area contributed by atoms with E-state index in [1.807, 2.05) is 13.8 Å². The zero-order chi connectivity index (χ0) is 11.9. The molecule has 0 bridgehead atoms. The Hall–Kier alpha value is -1.57. The summed E-state index contributed by atoms with van der Waals surface area (Å²) in [6, 6.07) is -0.228. The number of β-lactam (4-membered cyclic amide) rings is 1. The summed E-state index contributed by atoms with van der Waals surface area (Å²) in [5.41, 5.74) is -0.712. The molecule has 0 aromatic carbocycles. The van der Waals surface area contributed by atoms with Crippen LogP contribution in [-0.4, -0.2) is 41.4 Å². The lowest BCUT2D eigenvalue weighted by atomic mass is 9.86. The van der Waals surface area contributed by atoms with Gasteiger partial charge in [-0.25, -0.2) is 6.57 Å². The highest BCUT2D eigenvalue weighted by Gasteiger charge is 2.60. The van der Waals surface area contributed by atoms with Gasteiger partial charge in [0.2, 0.25) is 17.9 Å². The average Bonchev–Trinajstić information content (AvgIpc) is 2.67. The molecular formula is C11H15N3O2. The number of nitrogens with zero attached hydrogens (tertiary/aromatic N) is 2. The predicted octanol–water partition coefficient (Wildman–Crippen LogP) is 0.0312. The Bertz CT molecular complexity index is 385. The van der Waals surface area contributed by atoms with E-state index in [0.29, 0.717) is 19.5 Å². The van der Waals surface area contributed by atoms with Crippen LogP contribution in [0, 0.1) is 12.5 Å². The summed E-state index contributed by atoms with van der Waals surface area (Å²) in [6.45, 7) is 11.6. The summed E-state index contributed by atoms with van der Waals surface area (Å²) < 4.78 is 0. The Morgan fingerprint density at radius 2 is 2.38 bits per heavy atom. The molecule has 86 valence electrons. The van der Waals surface area contributed by atoms with Gasteiger partial charge in [0.25, 0.3) is 0 Å². The number of amides is 2. The Labute approximate surface area is 94.6 Å². The minimum Gasteiger partial charge on any atom is -0.351 e. The van der Waals surface area contributed by atoms with Gasteiger partial charge in [0, 0.05) is 5.92 Å². The minimum absolute atomic E-state index is 0.0269. The zero-order valence-electron chi connectivity index (χ0n) is 9.49. The molecule has 1 N–H and O–H groups in total. The summed E-state index contributed by atoms with van der Waals surface area (Å²) in [5.74, 6) is -0.261. The summed E-state index contributed by atoms with van der Waals surface area (Å²) >= 11 is 0. The van der Waals surface area contributed by atoms with Crippen LogP contribution in [0.15, 0.2) is 0 Å². The maximum Gasteiger partial charge on any atom is 0.248 e. The fourth-order valence-corrected chi connectivity index (χ4v) is 2.40. The molecule has 0 saturated carbocycles. The van der Waals surface area contributed by atoms with E-state index in [9.17, 15) is 9.59 Å². The molecule has 2 fully saturated rings. The molecule has 0 aromatic rings. The monoisotopic (exact) mass is 221 g/mol. The zero-order valence-corrected chi connectivity index (χ0v) is 9.49. The van der Waals surface area contributed by atoms with E-state index in [0.717, 1.165) is 0 Å². The van der Waals surface area contributed by atoms with Crippen LogP contribution in [-0.2, 0) is 9.59 Å². The van der Waals surface area contributed by atoms with Crippen LogP contribution in [0.1, 0.15) is 20.3 Å². The van der Waals surface area contributed by atoms with Crippen LogP contribution in [0.25, 0.3) is 4.85 Å². The molecule has 5 heteroatoms. The highest BCUT2D eigenvalue weighted by molar-refractivity contribution is 5.97. The van der Waals surface area contributed by atoms with Crippen LogP contribution in [0.5, 0.6) is 0 Å². The fourth-order valence-electron chi connectivity index (χ4n) is 2.40. The maximum absolute atomic E-state index is 12.0. The highest BCUT2D eigenvalue weighted by Crippen LogP contribution is 2.36. The van der Waals surface area contributed by atoms with Gasteiger partial charge >= 0.3 is 0 Å². The number of rotatable bonds is 1. The second-order valence-electron chi connectivity index (χ2n) is 4.80. The van der Waals surface area contributed by atoms with Crippen molar-refractivity contribution in [2.45, 2.75) is 31.8 Å². The molecule has 5 nitrogen and oxygen atoms in total. The van der Waals surface area contributed by atoms with Crippen molar-refractivity contribution in [2.75, 3.05) is 13.1 Å². The molecule has 1 unspecified atom stereocenters. The van der Waals surface area contributed by atoms with E-state index in [1.165, 1.54) is 0 Å². The second kappa shape index (κ2) is 3.48. The van der Waals surface area contributed by atoms with E-state index < -0.39 is 5.54 Å². The van der Waals surface area contributed by atoms with Crippen molar-refractivity contribution < 1.29 is 9.59 Å². The fraction of sp³-hybridized carbons (Fsp3) is 0.727. The first-order chi connectivity index (χ1) is 7.51. The Balaban J connectivity index is 2.26. The first-order valence-electron chi connectivity index (χ1n) is 5.47. The molecule has 0 aliphatic carbocycles. The van der Waals surface area contributed by atoms with Gasteiger partial charge in [0.05, 0.1) is 19.5 Å². The van der Waals surface area contributed by atoms with E-state index in [4.69, 9.17) is 6.57 Å². The van der Waals surface area contributed by atoms with Crippen molar-refractivity contribution >= 4 is 11.8 Å². The lowest BCUT2D eigenvalue weighted by Gasteiger charge is -2.43. The molecule has 0 aromatic heterocycles. The van der Waals surface area contributed by atoms with Crippen LogP contribution in [0.2, 0.25) is 0 Å². The lowest BCUT2D eigenvalue weighted by Crippen LogP contribution is -2.71. The Kier molecular flexibility index (Phi) is 2.38. The average molecular weight is 221 g/mol. The van der Waals surface area contributed by atoms with E-state index >= 15 is 0 Å². The third-order valence-corrected chi connectivity index (χ3v) is 3.39. The normalized spacial score (nSPS) is 32.5. The number of nitrogens with one attached hydrogen (secondary N) is 1. The predicted molar refractivity (Wildman–Crippen MR) is 57.3 cm³/mol. The Morgan fingerprint density at radius 1 is 1.69 bits per heavy atom. The lowest BCUT2D eigenvalue weighted by molar-refractivity contribution is -0.153. The topological polar surface area (TPSA) is 53.8 Å². The number of likely N-dealkylation sites (tertiary alicyclic amines) is 1. The molecule has 2 saturated heterocycles. The molecule has 0 radical (unpaired) electrons. The van der Waals surface area contributed by atoms with Crippen LogP contribution in [0.4, 0.5) is 0 Å². The van der Waals surface area contributed by atoms with Gasteiger partial charge < -0.3 is 15.1 Å². The standard InChI is InChI=1S/C11H15N3O2/c1-7(2)9(15)14-5-8(12-3)4-11(14)6-13-10(11)16/h7-8H,4-6H2,1-2H3,(H,13,16)/t8-,11?/m0/s1. The van der Waals surface area contributed by atoms with Gasteiger partial charge in [-0.1, -0.05) is 13.8 Å². The Morgan fingerprint density at radius 3 is 2.75 bits per heavy atom. The molecule has 2 heterocycles. The quantitative estimate of drug-likeness (QED) is 0.502. The summed E-state index contributed by atoms with van der Waals surface area (Å²) in [4.78, 5) is 28.7. The van der Waals surface area contributed by atoms with Gasteiger partial charge in [0.1, 0.15) is 5.54 Å². The van der Waals surface area contributed by atoms with Crippen molar-refractivity contribution in [1.82, 2.24) is 10.2 Å². The molecule has 2 atom stereocenters. The largest absolute Gasteiger partial charge is 0.351 e. The third-order valence-electron chi connectivity index (χ3n) is 3.39. The summed E-state index contributed by atoms with van der Waals surface area (Å²) in [5, 5.41) is 2.67. The van der Waals surface area contributed by atoms with Gasteiger partial charge in [-0.2, -0.15) is 0 Å². The highest BCUT2D eigenvalue weighted by atomic mass is 16.2. The number of hydrogen-bond donors (Lipinski definition) is 1. The van der Waals surface area contributed by atoms with E-state index in [1.54, 1.807) is 4.90 Å². The molecule has 2 rings (SSSR count). The van der Waals surface area contributed by atoms with Gasteiger partial charge in [-0.15, -0.1) is 0 Å². The first kappa shape index (κ1) is 10.9. The first-order valence-corrected chi connectivity index (χ1v) is 5.47. The van der Waals surface area contributed by atoms with Crippen LogP contribution >= 0.6 is 0 Å². The molecule has 16 heavy (non-hydrogen) atoms. The molecule has 1 spiro atoms. The van der Waals surface area contributed by atoms with Crippen LogP contribution in [0.3, 0.4) is 0 Å². The van der Waals surface area contributed by atoms with Crippen LogP contribution < -0.4 is 5.32 Å². The molecule has 2 aliphatic rings. The smallest absolute Gasteiger partial charge is 0.248 e. The van der Waals surface area contributed by atoms with Crippen molar-refractivity contribution in [3.05, 3.63) is 11.4 Å². The van der Waals surface area contributed by atoms with Crippen molar-refractivity contribution in [2.24, 2.45) is 5.92 Å². The number of carbonyl (C=O) groups is 2. The second-order valence-corrected chi connectivity index (χ2v) is 4.80. The number of hydrogen-bond acceptors (Lipinski definition) is 2. The summed E-state index contributed by atoms with van der Waals surface area (Å²) in [7, 11) is 0. The minimum atomic E-state index is -0.712. The number of carbonyl (C=O) groups excluding carboxylic acids is 2. The van der Waals surface area contributed by atoms with Crippen molar-refractivity contribution in [1.29, 1.82) is 0 Å². The van der Waals surface area contributed by atoms with Gasteiger partial charge in [0.15, 0.2) is 0 Å². The molecule has 2 aliphatic heterocycles. The summed E-state index contributed by atoms with van der Waals surface area (Å²) in [6.07, 6.45) is 0.487.